The van der Waals surface area contributed by atoms with Crippen LogP contribution in [0.3, 0.4) is 0 Å². The Morgan fingerprint density at radius 3 is 2.88 bits per heavy atom. The van der Waals surface area contributed by atoms with Crippen LogP contribution in [0.4, 0.5) is 0 Å². The molecule has 0 aliphatic rings. The van der Waals surface area contributed by atoms with E-state index in [2.05, 4.69) is 10.3 Å². The van der Waals surface area contributed by atoms with E-state index in [0.717, 1.165) is 28.2 Å². The van der Waals surface area contributed by atoms with Crippen molar-refractivity contribution in [3.05, 3.63) is 64.6 Å². The molecular weight excluding hydrogens is 326 g/mol. The maximum absolute atomic E-state index is 11.9. The van der Waals surface area contributed by atoms with Crippen molar-refractivity contribution in [3.63, 3.8) is 0 Å². The monoisotopic (exact) mass is 343 g/mol. The van der Waals surface area contributed by atoms with E-state index in [9.17, 15) is 4.79 Å². The second kappa shape index (κ2) is 6.93. The molecule has 124 valence electrons. The molecule has 0 radical (unpaired) electrons. The van der Waals surface area contributed by atoms with Gasteiger partial charge in [-0.25, -0.2) is 4.98 Å². The van der Waals surface area contributed by atoms with Crippen molar-refractivity contribution < 1.29 is 9.53 Å². The number of benzene rings is 1. The summed E-state index contributed by atoms with van der Waals surface area (Å²) in [7, 11) is 0. The summed E-state index contributed by atoms with van der Waals surface area (Å²) in [6.07, 6.45) is 3.62. The smallest absolute Gasteiger partial charge is 0.258 e. The summed E-state index contributed by atoms with van der Waals surface area (Å²) < 4.78 is 7.39. The quantitative estimate of drug-likeness (QED) is 0.773. The van der Waals surface area contributed by atoms with Crippen LogP contribution >= 0.6 is 11.6 Å². The molecule has 0 aliphatic carbocycles. The number of halogens is 1. The zero-order valence-corrected chi connectivity index (χ0v) is 14.3. The van der Waals surface area contributed by atoms with E-state index < -0.39 is 0 Å². The molecule has 0 saturated carbocycles. The summed E-state index contributed by atoms with van der Waals surface area (Å²) in [5, 5.41) is 3.44. The van der Waals surface area contributed by atoms with Gasteiger partial charge in [-0.05, 0) is 37.6 Å². The number of amides is 1. The Bertz CT molecular complexity index is 889. The molecule has 0 aliphatic heterocycles. The third-order valence-corrected chi connectivity index (χ3v) is 3.84. The summed E-state index contributed by atoms with van der Waals surface area (Å²) >= 11 is 5.94. The Morgan fingerprint density at radius 2 is 2.08 bits per heavy atom. The number of pyridine rings is 1. The minimum atomic E-state index is -0.190. The Balaban J connectivity index is 1.54. The van der Waals surface area contributed by atoms with Crippen molar-refractivity contribution in [1.29, 1.82) is 0 Å². The largest absolute Gasteiger partial charge is 0.484 e. The van der Waals surface area contributed by atoms with Crippen molar-refractivity contribution in [2.45, 2.75) is 20.4 Å². The molecule has 0 spiro atoms. The molecule has 0 unspecified atom stereocenters. The average molecular weight is 344 g/mol. The second-order valence-corrected chi connectivity index (χ2v) is 6.12. The highest BCUT2D eigenvalue weighted by atomic mass is 35.5. The number of rotatable bonds is 5. The van der Waals surface area contributed by atoms with Crippen LogP contribution in [0.15, 0.2) is 42.7 Å². The maximum Gasteiger partial charge on any atom is 0.258 e. The Morgan fingerprint density at radius 1 is 1.25 bits per heavy atom. The molecule has 0 atom stereocenters. The SMILES string of the molecule is Cc1ccc(OCC(=O)NCc2cn3cc(Cl)ccc3n2)c(C)c1. The molecule has 1 N–H and O–H groups in total. The third kappa shape index (κ3) is 3.86. The lowest BCUT2D eigenvalue weighted by molar-refractivity contribution is -0.123. The van der Waals surface area contributed by atoms with E-state index in [1.807, 2.05) is 48.7 Å². The molecule has 1 aromatic carbocycles. The van der Waals surface area contributed by atoms with Crippen LogP contribution in [0.1, 0.15) is 16.8 Å². The predicted octanol–water partition coefficient (Wildman–Crippen LogP) is 3.30. The zero-order valence-electron chi connectivity index (χ0n) is 13.5. The molecule has 6 heteroatoms. The number of carbonyl (C=O) groups excluding carboxylic acids is 1. The van der Waals surface area contributed by atoms with Crippen LogP contribution in [0.2, 0.25) is 5.02 Å². The van der Waals surface area contributed by atoms with Gasteiger partial charge >= 0.3 is 0 Å². The number of ether oxygens (including phenoxy) is 1. The van der Waals surface area contributed by atoms with E-state index >= 15 is 0 Å². The van der Waals surface area contributed by atoms with Gasteiger partial charge in [0.05, 0.1) is 17.3 Å². The highest BCUT2D eigenvalue weighted by molar-refractivity contribution is 6.30. The molecule has 5 nitrogen and oxygen atoms in total. The minimum absolute atomic E-state index is 0.0247. The van der Waals surface area contributed by atoms with Gasteiger partial charge < -0.3 is 14.5 Å². The Kier molecular flexibility index (Phi) is 4.71. The fourth-order valence-corrected chi connectivity index (χ4v) is 2.62. The number of nitrogens with one attached hydrogen (secondary N) is 1. The fraction of sp³-hybridized carbons (Fsp3) is 0.222. The Labute approximate surface area is 145 Å². The molecular formula is C18H18ClN3O2. The fourth-order valence-electron chi connectivity index (χ4n) is 2.45. The summed E-state index contributed by atoms with van der Waals surface area (Å²) in [6.45, 7) is 4.30. The van der Waals surface area contributed by atoms with Gasteiger partial charge in [-0.1, -0.05) is 29.3 Å². The van der Waals surface area contributed by atoms with Crippen LogP contribution < -0.4 is 10.1 Å². The average Bonchev–Trinajstić information content (AvgIpc) is 2.94. The molecule has 2 heterocycles. The molecule has 3 aromatic rings. The van der Waals surface area contributed by atoms with Crippen LogP contribution in [-0.4, -0.2) is 21.9 Å². The molecule has 1 amide bonds. The van der Waals surface area contributed by atoms with Crippen LogP contribution in [0.25, 0.3) is 5.65 Å². The van der Waals surface area contributed by atoms with Crippen molar-refractivity contribution in [2.24, 2.45) is 0 Å². The molecule has 0 bridgehead atoms. The summed E-state index contributed by atoms with van der Waals surface area (Å²) in [4.78, 5) is 16.4. The number of imidazole rings is 1. The van der Waals surface area contributed by atoms with Crippen molar-refractivity contribution >= 4 is 23.2 Å². The van der Waals surface area contributed by atoms with Crippen LogP contribution in [0, 0.1) is 13.8 Å². The van der Waals surface area contributed by atoms with E-state index in [4.69, 9.17) is 16.3 Å². The zero-order chi connectivity index (χ0) is 17.1. The number of hydrogen-bond donors (Lipinski definition) is 1. The first-order chi connectivity index (χ1) is 11.5. The lowest BCUT2D eigenvalue weighted by atomic mass is 10.1. The van der Waals surface area contributed by atoms with Crippen LogP contribution in [0.5, 0.6) is 5.75 Å². The standard InChI is InChI=1S/C18H18ClN3O2/c1-12-3-5-16(13(2)7-12)24-11-18(23)20-8-15-10-22-9-14(19)4-6-17(22)21-15/h3-7,9-10H,8,11H2,1-2H3,(H,20,23). The highest BCUT2D eigenvalue weighted by Gasteiger charge is 2.07. The van der Waals surface area contributed by atoms with Crippen molar-refractivity contribution in [1.82, 2.24) is 14.7 Å². The Hall–Kier alpha value is -2.53. The normalized spacial score (nSPS) is 10.8. The lowest BCUT2D eigenvalue weighted by Crippen LogP contribution is -2.28. The summed E-state index contributed by atoms with van der Waals surface area (Å²) in [5.74, 6) is 0.531. The van der Waals surface area contributed by atoms with Gasteiger partial charge in [0.25, 0.3) is 5.91 Å². The van der Waals surface area contributed by atoms with Gasteiger partial charge in [0.1, 0.15) is 11.4 Å². The number of fused-ring (bicyclic) bond motifs is 1. The second-order valence-electron chi connectivity index (χ2n) is 5.68. The molecule has 0 fully saturated rings. The van der Waals surface area contributed by atoms with Gasteiger partial charge in [-0.3, -0.25) is 4.79 Å². The summed E-state index contributed by atoms with van der Waals surface area (Å²) in [5.41, 5.74) is 3.73. The van der Waals surface area contributed by atoms with Gasteiger partial charge in [0.2, 0.25) is 0 Å². The van der Waals surface area contributed by atoms with E-state index in [-0.39, 0.29) is 12.5 Å². The summed E-state index contributed by atoms with van der Waals surface area (Å²) in [6, 6.07) is 9.47. The molecule has 3 rings (SSSR count). The lowest BCUT2D eigenvalue weighted by Gasteiger charge is -2.09. The molecule has 24 heavy (non-hydrogen) atoms. The first kappa shape index (κ1) is 16.3. The van der Waals surface area contributed by atoms with Crippen LogP contribution in [-0.2, 0) is 11.3 Å². The first-order valence-electron chi connectivity index (χ1n) is 7.61. The van der Waals surface area contributed by atoms with Gasteiger partial charge in [0.15, 0.2) is 6.61 Å². The number of aryl methyl sites for hydroxylation is 2. The number of hydrogen-bond acceptors (Lipinski definition) is 3. The maximum atomic E-state index is 11.9. The van der Waals surface area contributed by atoms with Gasteiger partial charge in [-0.2, -0.15) is 0 Å². The number of carbonyl (C=O) groups is 1. The van der Waals surface area contributed by atoms with Gasteiger partial charge in [-0.15, -0.1) is 0 Å². The minimum Gasteiger partial charge on any atom is -0.484 e. The van der Waals surface area contributed by atoms with E-state index in [1.165, 1.54) is 0 Å². The first-order valence-corrected chi connectivity index (χ1v) is 7.99. The van der Waals surface area contributed by atoms with E-state index in [1.54, 1.807) is 12.3 Å². The topological polar surface area (TPSA) is 55.6 Å². The predicted molar refractivity (Wildman–Crippen MR) is 93.5 cm³/mol. The highest BCUT2D eigenvalue weighted by Crippen LogP contribution is 2.18. The number of aromatic nitrogens is 2. The van der Waals surface area contributed by atoms with Gasteiger partial charge in [0, 0.05) is 12.4 Å². The van der Waals surface area contributed by atoms with E-state index in [0.29, 0.717) is 11.6 Å². The molecule has 0 saturated heterocycles. The van der Waals surface area contributed by atoms with Crippen molar-refractivity contribution in [3.8, 4) is 5.75 Å². The number of nitrogens with zero attached hydrogens (tertiary/aromatic N) is 2. The third-order valence-electron chi connectivity index (χ3n) is 3.62. The molecule has 2 aromatic heterocycles. The van der Waals surface area contributed by atoms with Crippen molar-refractivity contribution in [2.75, 3.05) is 6.61 Å².